The molecule has 0 fully saturated rings. The van der Waals surface area contributed by atoms with Crippen LogP contribution in [-0.4, -0.2) is 20.7 Å². The molecule has 8 heteroatoms. The fraction of sp³-hybridized carbons (Fsp3) is 0.105. The lowest BCUT2D eigenvalue weighted by atomic mass is 10.3. The van der Waals surface area contributed by atoms with Gasteiger partial charge >= 0.3 is 0 Å². The average molecular weight is 400 g/mol. The zero-order valence-corrected chi connectivity index (χ0v) is 16.4. The number of para-hydroxylation sites is 1. The summed E-state index contributed by atoms with van der Waals surface area (Å²) in [5.74, 6) is 0. The van der Waals surface area contributed by atoms with Crippen LogP contribution in [0.1, 0.15) is 11.3 Å². The molecule has 6 nitrogen and oxygen atoms in total. The van der Waals surface area contributed by atoms with Crippen molar-refractivity contribution in [3.05, 3.63) is 81.2 Å². The minimum atomic E-state index is -0.150. The van der Waals surface area contributed by atoms with Crippen molar-refractivity contribution in [3.63, 3.8) is 0 Å². The number of benzene rings is 2. The normalized spacial score (nSPS) is 10.9. The summed E-state index contributed by atoms with van der Waals surface area (Å²) in [6, 6.07) is 16.6. The van der Waals surface area contributed by atoms with Gasteiger partial charge in [-0.15, -0.1) is 0 Å². The molecule has 0 amide bonds. The summed E-state index contributed by atoms with van der Waals surface area (Å²) >= 11 is 11.1. The highest BCUT2D eigenvalue weighted by atomic mass is 35.5. The number of halogens is 1. The first-order chi connectivity index (χ1) is 13.0. The molecule has 0 saturated carbocycles. The van der Waals surface area contributed by atoms with E-state index in [0.717, 1.165) is 17.1 Å². The second-order valence-electron chi connectivity index (χ2n) is 5.81. The predicted octanol–water partition coefficient (Wildman–Crippen LogP) is 3.46. The SMILES string of the molecule is Cc1c(/C=N/NC(=S)Nc2ccc(Cl)cc2)c(=O)n(-c2ccccc2)n1C. The van der Waals surface area contributed by atoms with E-state index in [9.17, 15) is 4.79 Å². The van der Waals surface area contributed by atoms with E-state index in [1.54, 1.807) is 33.6 Å². The Labute approximate surface area is 167 Å². The van der Waals surface area contributed by atoms with Gasteiger partial charge in [0, 0.05) is 23.5 Å². The monoisotopic (exact) mass is 399 g/mol. The number of aromatic nitrogens is 2. The van der Waals surface area contributed by atoms with Gasteiger partial charge < -0.3 is 5.32 Å². The fourth-order valence-electron chi connectivity index (χ4n) is 2.59. The third kappa shape index (κ3) is 4.27. The second-order valence-corrected chi connectivity index (χ2v) is 6.65. The van der Waals surface area contributed by atoms with E-state index < -0.39 is 0 Å². The van der Waals surface area contributed by atoms with E-state index in [-0.39, 0.29) is 5.56 Å². The van der Waals surface area contributed by atoms with Crippen LogP contribution < -0.4 is 16.3 Å². The summed E-state index contributed by atoms with van der Waals surface area (Å²) < 4.78 is 3.39. The van der Waals surface area contributed by atoms with Gasteiger partial charge in [-0.3, -0.25) is 14.9 Å². The second kappa shape index (κ2) is 8.20. The number of anilines is 1. The van der Waals surface area contributed by atoms with E-state index >= 15 is 0 Å². The van der Waals surface area contributed by atoms with Gasteiger partial charge in [0.15, 0.2) is 5.11 Å². The standard InChI is InChI=1S/C19H18ClN5OS/c1-13-17(18(26)25(24(13)2)16-6-4-3-5-7-16)12-21-23-19(27)22-15-10-8-14(20)9-11-15/h3-12H,1-2H3,(H2,22,23,27)/b21-12+. The maximum atomic E-state index is 12.8. The third-order valence-corrected chi connectivity index (χ3v) is 4.51. The number of hydrogen-bond acceptors (Lipinski definition) is 3. The average Bonchev–Trinajstić information content (AvgIpc) is 2.87. The first-order valence-electron chi connectivity index (χ1n) is 8.17. The van der Waals surface area contributed by atoms with Crippen molar-refractivity contribution in [2.45, 2.75) is 6.92 Å². The van der Waals surface area contributed by atoms with Crippen molar-refractivity contribution >= 4 is 40.8 Å². The molecule has 1 aromatic heterocycles. The quantitative estimate of drug-likeness (QED) is 0.400. The van der Waals surface area contributed by atoms with Crippen molar-refractivity contribution < 1.29 is 0 Å². The van der Waals surface area contributed by atoms with E-state index in [1.807, 2.05) is 44.3 Å². The molecule has 3 rings (SSSR count). The van der Waals surface area contributed by atoms with Crippen molar-refractivity contribution in [1.82, 2.24) is 14.8 Å². The number of nitrogens with zero attached hydrogens (tertiary/aromatic N) is 3. The van der Waals surface area contributed by atoms with Crippen LogP contribution in [-0.2, 0) is 7.05 Å². The van der Waals surface area contributed by atoms with E-state index in [0.29, 0.717) is 15.7 Å². The van der Waals surface area contributed by atoms with Crippen molar-refractivity contribution in [1.29, 1.82) is 0 Å². The van der Waals surface area contributed by atoms with Crippen LogP contribution in [0.3, 0.4) is 0 Å². The van der Waals surface area contributed by atoms with Crippen molar-refractivity contribution in [2.75, 3.05) is 5.32 Å². The van der Waals surface area contributed by atoms with E-state index in [4.69, 9.17) is 23.8 Å². The van der Waals surface area contributed by atoms with Gasteiger partial charge in [0.2, 0.25) is 0 Å². The molecule has 0 aliphatic carbocycles. The molecule has 2 aromatic carbocycles. The van der Waals surface area contributed by atoms with Crippen LogP contribution in [0, 0.1) is 6.92 Å². The van der Waals surface area contributed by atoms with Crippen molar-refractivity contribution in [2.24, 2.45) is 12.1 Å². The lowest BCUT2D eigenvalue weighted by molar-refractivity contribution is 0.630. The molecule has 0 radical (unpaired) electrons. The minimum absolute atomic E-state index is 0.150. The van der Waals surface area contributed by atoms with Gasteiger partial charge in [0.25, 0.3) is 5.56 Å². The Morgan fingerprint density at radius 1 is 1.15 bits per heavy atom. The number of rotatable bonds is 4. The zero-order chi connectivity index (χ0) is 19.4. The predicted molar refractivity (Wildman–Crippen MR) is 114 cm³/mol. The maximum Gasteiger partial charge on any atom is 0.280 e. The van der Waals surface area contributed by atoms with Crippen LogP contribution in [0.2, 0.25) is 5.02 Å². The molecule has 0 unspecified atom stereocenters. The highest BCUT2D eigenvalue weighted by Crippen LogP contribution is 2.13. The fourth-order valence-corrected chi connectivity index (χ4v) is 2.88. The van der Waals surface area contributed by atoms with Gasteiger partial charge in [-0.1, -0.05) is 29.8 Å². The molecule has 27 heavy (non-hydrogen) atoms. The number of nitrogens with one attached hydrogen (secondary N) is 2. The van der Waals surface area contributed by atoms with Crippen molar-refractivity contribution in [3.8, 4) is 5.69 Å². The van der Waals surface area contributed by atoms with Gasteiger partial charge in [0.05, 0.1) is 17.5 Å². The minimum Gasteiger partial charge on any atom is -0.331 e. The molecule has 2 N–H and O–H groups in total. The van der Waals surface area contributed by atoms with E-state index in [1.165, 1.54) is 6.21 Å². The molecule has 0 aliphatic rings. The van der Waals surface area contributed by atoms with E-state index in [2.05, 4.69) is 15.8 Å². The van der Waals surface area contributed by atoms with Crippen LogP contribution in [0.4, 0.5) is 5.69 Å². The molecule has 0 saturated heterocycles. The smallest absolute Gasteiger partial charge is 0.280 e. The molecule has 3 aromatic rings. The van der Waals surface area contributed by atoms with Crippen LogP contribution in [0.25, 0.3) is 5.69 Å². The molecule has 0 spiro atoms. The number of thiocarbonyl (C=S) groups is 1. The number of hydrogen-bond donors (Lipinski definition) is 2. The molecule has 0 atom stereocenters. The Kier molecular flexibility index (Phi) is 5.73. The first kappa shape index (κ1) is 18.9. The molecule has 1 heterocycles. The zero-order valence-electron chi connectivity index (χ0n) is 14.8. The maximum absolute atomic E-state index is 12.8. The Hall–Kier alpha value is -2.90. The van der Waals surface area contributed by atoms with Crippen LogP contribution in [0.15, 0.2) is 64.5 Å². The lowest BCUT2D eigenvalue weighted by Crippen LogP contribution is -2.24. The Morgan fingerprint density at radius 3 is 2.48 bits per heavy atom. The molecule has 138 valence electrons. The van der Waals surface area contributed by atoms with Gasteiger partial charge in [0.1, 0.15) is 0 Å². The molecule has 0 aliphatic heterocycles. The summed E-state index contributed by atoms with van der Waals surface area (Å²) in [7, 11) is 1.83. The first-order valence-corrected chi connectivity index (χ1v) is 8.95. The Balaban J connectivity index is 1.75. The molecular weight excluding hydrogens is 382 g/mol. The topological polar surface area (TPSA) is 63.4 Å². The van der Waals surface area contributed by atoms with Gasteiger partial charge in [-0.25, -0.2) is 4.68 Å². The summed E-state index contributed by atoms with van der Waals surface area (Å²) in [5, 5.41) is 8.04. The summed E-state index contributed by atoms with van der Waals surface area (Å²) in [6.45, 7) is 1.87. The summed E-state index contributed by atoms with van der Waals surface area (Å²) in [4.78, 5) is 12.8. The highest BCUT2D eigenvalue weighted by Gasteiger charge is 2.14. The summed E-state index contributed by atoms with van der Waals surface area (Å²) in [5.41, 5.74) is 5.43. The number of hydrazone groups is 1. The largest absolute Gasteiger partial charge is 0.331 e. The lowest BCUT2D eigenvalue weighted by Gasteiger charge is -2.07. The van der Waals surface area contributed by atoms with Gasteiger partial charge in [-0.05, 0) is 55.5 Å². The highest BCUT2D eigenvalue weighted by molar-refractivity contribution is 7.80. The van der Waals surface area contributed by atoms with Gasteiger partial charge in [-0.2, -0.15) is 5.10 Å². The molecule has 0 bridgehead atoms. The van der Waals surface area contributed by atoms with Crippen LogP contribution in [0.5, 0.6) is 0 Å². The summed E-state index contributed by atoms with van der Waals surface area (Å²) in [6.07, 6.45) is 1.48. The third-order valence-electron chi connectivity index (χ3n) is 4.06. The Bertz CT molecular complexity index is 1040. The Morgan fingerprint density at radius 2 is 1.81 bits per heavy atom. The molecular formula is C19H18ClN5OS. The van der Waals surface area contributed by atoms with Crippen LogP contribution >= 0.6 is 23.8 Å².